The number of amides is 3. The molecular formula is C21H22N4O3. The van der Waals surface area contributed by atoms with E-state index in [1.807, 2.05) is 56.3 Å². The summed E-state index contributed by atoms with van der Waals surface area (Å²) in [4.78, 5) is 41.4. The molecule has 2 aromatic rings. The topological polar surface area (TPSA) is 95.7 Å². The number of hydrogen-bond acceptors (Lipinski definition) is 4. The third-order valence-corrected chi connectivity index (χ3v) is 5.63. The van der Waals surface area contributed by atoms with Crippen molar-refractivity contribution in [3.63, 3.8) is 0 Å². The molecule has 2 aliphatic rings. The lowest BCUT2D eigenvalue weighted by Crippen LogP contribution is -2.52. The molecule has 144 valence electrons. The van der Waals surface area contributed by atoms with E-state index in [-0.39, 0.29) is 30.9 Å². The molecule has 0 aliphatic carbocycles. The van der Waals surface area contributed by atoms with Crippen molar-refractivity contribution in [2.45, 2.75) is 25.3 Å². The average molecular weight is 378 g/mol. The number of para-hydroxylation sites is 1. The molecule has 2 aromatic carbocycles. The van der Waals surface area contributed by atoms with E-state index < -0.39 is 11.3 Å². The monoisotopic (exact) mass is 378 g/mol. The van der Waals surface area contributed by atoms with Crippen molar-refractivity contribution in [1.82, 2.24) is 10.3 Å². The smallest absolute Gasteiger partial charge is 0.253 e. The minimum Gasteiger partial charge on any atom is -0.321 e. The van der Waals surface area contributed by atoms with Gasteiger partial charge in [0, 0.05) is 11.3 Å². The van der Waals surface area contributed by atoms with Crippen molar-refractivity contribution in [2.75, 3.05) is 18.0 Å². The fraction of sp³-hybridized carbons (Fsp3) is 0.286. The number of carbonyl (C=O) groups excluding carboxylic acids is 3. The van der Waals surface area contributed by atoms with Crippen LogP contribution in [-0.4, -0.2) is 35.7 Å². The molecular weight excluding hydrogens is 356 g/mol. The lowest BCUT2D eigenvalue weighted by molar-refractivity contribution is -0.142. The second kappa shape index (κ2) is 6.45. The number of nitrogens with two attached hydrogens (primary N) is 1. The highest BCUT2D eigenvalue weighted by Crippen LogP contribution is 2.46. The van der Waals surface area contributed by atoms with Gasteiger partial charge in [-0.15, -0.1) is 0 Å². The van der Waals surface area contributed by atoms with Crippen LogP contribution < -0.4 is 16.2 Å². The summed E-state index contributed by atoms with van der Waals surface area (Å²) in [6.45, 7) is 3.45. The Morgan fingerprint density at radius 2 is 1.75 bits per heavy atom. The van der Waals surface area contributed by atoms with Crippen molar-refractivity contribution in [2.24, 2.45) is 5.84 Å². The Hall–Kier alpha value is -3.19. The molecule has 1 atom stereocenters. The Bertz CT molecular complexity index is 985. The normalized spacial score (nSPS) is 20.0. The summed E-state index contributed by atoms with van der Waals surface area (Å²) in [5, 5.41) is 0. The number of rotatable bonds is 2. The van der Waals surface area contributed by atoms with E-state index in [1.165, 1.54) is 4.90 Å². The molecule has 2 aliphatic heterocycles. The number of anilines is 1. The minimum atomic E-state index is -0.744. The Morgan fingerprint density at radius 1 is 1.11 bits per heavy atom. The molecule has 4 rings (SSSR count). The van der Waals surface area contributed by atoms with Crippen LogP contribution in [0.5, 0.6) is 0 Å². The number of nitrogens with zero attached hydrogens (tertiary/aromatic N) is 2. The maximum atomic E-state index is 13.4. The van der Waals surface area contributed by atoms with Gasteiger partial charge in [0.05, 0.1) is 11.5 Å². The SMILES string of the molecule is CC1(C)C(=O)N2CC(=O)N(CC(=O)NN)c3ccccc3C2c2ccccc21. The molecule has 0 bridgehead atoms. The van der Waals surface area contributed by atoms with E-state index in [0.29, 0.717) is 5.69 Å². The Labute approximate surface area is 163 Å². The number of hydrogen-bond donors (Lipinski definition) is 2. The zero-order chi connectivity index (χ0) is 20.1. The maximum Gasteiger partial charge on any atom is 0.253 e. The highest BCUT2D eigenvalue weighted by Gasteiger charge is 2.48. The minimum absolute atomic E-state index is 0.103. The van der Waals surface area contributed by atoms with Crippen molar-refractivity contribution in [3.05, 3.63) is 65.2 Å². The molecule has 2 heterocycles. The van der Waals surface area contributed by atoms with Crippen LogP contribution in [-0.2, 0) is 19.8 Å². The first kappa shape index (κ1) is 18.2. The molecule has 1 unspecified atom stereocenters. The van der Waals surface area contributed by atoms with Crippen LogP contribution in [0.25, 0.3) is 0 Å². The summed E-state index contributed by atoms with van der Waals surface area (Å²) in [5.41, 5.74) is 4.71. The van der Waals surface area contributed by atoms with Gasteiger partial charge in [-0.2, -0.15) is 0 Å². The maximum absolute atomic E-state index is 13.4. The van der Waals surface area contributed by atoms with Gasteiger partial charge in [0.2, 0.25) is 11.8 Å². The van der Waals surface area contributed by atoms with Gasteiger partial charge < -0.3 is 9.80 Å². The molecule has 0 fully saturated rings. The molecule has 7 nitrogen and oxygen atoms in total. The molecule has 0 saturated carbocycles. The second-order valence-corrected chi connectivity index (χ2v) is 7.65. The number of fused-ring (bicyclic) bond motifs is 5. The lowest BCUT2D eigenvalue weighted by atomic mass is 9.73. The van der Waals surface area contributed by atoms with E-state index in [9.17, 15) is 14.4 Å². The third kappa shape index (κ3) is 2.58. The number of carbonyl (C=O) groups is 3. The Morgan fingerprint density at radius 3 is 2.46 bits per heavy atom. The summed E-state index contributed by atoms with van der Waals surface area (Å²) in [6, 6.07) is 14.9. The van der Waals surface area contributed by atoms with Gasteiger partial charge in [0.25, 0.3) is 5.91 Å². The van der Waals surface area contributed by atoms with Crippen molar-refractivity contribution >= 4 is 23.4 Å². The molecule has 3 N–H and O–H groups in total. The largest absolute Gasteiger partial charge is 0.321 e. The molecule has 7 heteroatoms. The number of nitrogens with one attached hydrogen (secondary N) is 1. The summed E-state index contributed by atoms with van der Waals surface area (Å²) < 4.78 is 0. The van der Waals surface area contributed by atoms with Crippen LogP contribution in [0.1, 0.15) is 36.6 Å². The summed E-state index contributed by atoms with van der Waals surface area (Å²) in [7, 11) is 0. The summed E-state index contributed by atoms with van der Waals surface area (Å²) in [5.74, 6) is 4.33. The van der Waals surface area contributed by atoms with Crippen LogP contribution in [0.3, 0.4) is 0 Å². The van der Waals surface area contributed by atoms with Crippen LogP contribution in [0.2, 0.25) is 0 Å². The predicted octanol–water partition coefficient (Wildman–Crippen LogP) is 1.23. The highest BCUT2D eigenvalue weighted by molar-refractivity contribution is 6.04. The van der Waals surface area contributed by atoms with Crippen molar-refractivity contribution in [3.8, 4) is 0 Å². The third-order valence-electron chi connectivity index (χ3n) is 5.63. The van der Waals surface area contributed by atoms with Gasteiger partial charge in [-0.25, -0.2) is 5.84 Å². The van der Waals surface area contributed by atoms with Gasteiger partial charge >= 0.3 is 0 Å². The highest BCUT2D eigenvalue weighted by atomic mass is 16.2. The van der Waals surface area contributed by atoms with E-state index in [4.69, 9.17) is 5.84 Å². The zero-order valence-electron chi connectivity index (χ0n) is 15.8. The molecule has 3 amide bonds. The number of benzene rings is 2. The Balaban J connectivity index is 1.95. The molecule has 0 saturated heterocycles. The average Bonchev–Trinajstić information content (AvgIpc) is 2.81. The van der Waals surface area contributed by atoms with E-state index >= 15 is 0 Å². The molecule has 0 spiro atoms. The zero-order valence-corrected chi connectivity index (χ0v) is 15.8. The first-order valence-corrected chi connectivity index (χ1v) is 9.15. The van der Waals surface area contributed by atoms with Crippen LogP contribution in [0.4, 0.5) is 5.69 Å². The van der Waals surface area contributed by atoms with E-state index in [2.05, 4.69) is 5.43 Å². The Kier molecular flexibility index (Phi) is 4.19. The molecule has 28 heavy (non-hydrogen) atoms. The first-order valence-electron chi connectivity index (χ1n) is 9.15. The first-order chi connectivity index (χ1) is 13.4. The van der Waals surface area contributed by atoms with Crippen molar-refractivity contribution < 1.29 is 14.4 Å². The fourth-order valence-corrected chi connectivity index (χ4v) is 4.26. The second-order valence-electron chi connectivity index (χ2n) is 7.65. The van der Waals surface area contributed by atoms with E-state index in [0.717, 1.165) is 16.7 Å². The lowest BCUT2D eigenvalue weighted by Gasteiger charge is -2.43. The van der Waals surface area contributed by atoms with Gasteiger partial charge in [0.1, 0.15) is 13.1 Å². The van der Waals surface area contributed by atoms with Gasteiger partial charge in [-0.1, -0.05) is 42.5 Å². The van der Waals surface area contributed by atoms with Crippen LogP contribution in [0, 0.1) is 0 Å². The fourth-order valence-electron chi connectivity index (χ4n) is 4.26. The van der Waals surface area contributed by atoms with Crippen molar-refractivity contribution in [1.29, 1.82) is 0 Å². The van der Waals surface area contributed by atoms with Gasteiger partial charge in [-0.05, 0) is 31.0 Å². The van der Waals surface area contributed by atoms with Gasteiger partial charge in [0.15, 0.2) is 0 Å². The molecule has 0 radical (unpaired) electrons. The quantitative estimate of drug-likeness (QED) is 0.467. The summed E-state index contributed by atoms with van der Waals surface area (Å²) in [6.07, 6.45) is 0. The number of hydrazine groups is 1. The predicted molar refractivity (Wildman–Crippen MR) is 104 cm³/mol. The van der Waals surface area contributed by atoms with E-state index in [1.54, 1.807) is 11.0 Å². The standard InChI is InChI=1S/C21H22N4O3/c1-21(2)15-9-5-3-7-13(15)19-14-8-4-6-10-16(14)24(11-17(26)23-22)18(27)12-25(19)20(21)28/h3-10,19H,11-12,22H2,1-2H3,(H,23,26). The van der Waals surface area contributed by atoms with Crippen LogP contribution >= 0.6 is 0 Å². The molecule has 0 aromatic heterocycles. The van der Waals surface area contributed by atoms with Gasteiger partial charge in [-0.3, -0.25) is 19.8 Å². The van der Waals surface area contributed by atoms with Crippen LogP contribution in [0.15, 0.2) is 48.5 Å². The summed E-state index contributed by atoms with van der Waals surface area (Å²) >= 11 is 0.